The summed E-state index contributed by atoms with van der Waals surface area (Å²) in [4.78, 5) is 0. The Morgan fingerprint density at radius 3 is 2.70 bits per heavy atom. The molecule has 0 unspecified atom stereocenters. The second-order valence-corrected chi connectivity index (χ2v) is 5.20. The van der Waals surface area contributed by atoms with Gasteiger partial charge in [-0.3, -0.25) is 0 Å². The zero-order valence-electron chi connectivity index (χ0n) is 12.5. The van der Waals surface area contributed by atoms with Gasteiger partial charge in [-0.1, -0.05) is 13.8 Å². The monoisotopic (exact) mass is 275 g/mol. The summed E-state index contributed by atoms with van der Waals surface area (Å²) < 4.78 is 5.69. The smallest absolute Gasteiger partial charge is 0.249 e. The highest BCUT2D eigenvalue weighted by molar-refractivity contribution is 5.55. The van der Waals surface area contributed by atoms with Gasteiger partial charge in [0.1, 0.15) is 0 Å². The summed E-state index contributed by atoms with van der Waals surface area (Å²) in [6, 6.07) is 2.42. The fourth-order valence-corrected chi connectivity index (χ4v) is 1.86. The molecule has 1 N–H and O–H groups in total. The standard InChI is InChI=1S/C14H21N5O/c1-9(2)15-7-5-6-13-18-19-14(20-13)12-8-10(3)16-17-11(12)4/h8-9,15H,5-7H2,1-4H3. The number of nitrogens with one attached hydrogen (secondary N) is 1. The van der Waals surface area contributed by atoms with Gasteiger partial charge in [0.05, 0.1) is 17.0 Å². The lowest BCUT2D eigenvalue weighted by molar-refractivity contribution is 0.483. The van der Waals surface area contributed by atoms with Gasteiger partial charge >= 0.3 is 0 Å². The van der Waals surface area contributed by atoms with Crippen molar-refractivity contribution in [1.29, 1.82) is 0 Å². The summed E-state index contributed by atoms with van der Waals surface area (Å²) in [5, 5.41) is 19.6. The van der Waals surface area contributed by atoms with E-state index in [4.69, 9.17) is 4.42 Å². The maximum atomic E-state index is 5.69. The van der Waals surface area contributed by atoms with Gasteiger partial charge in [0, 0.05) is 12.5 Å². The third-order valence-electron chi connectivity index (χ3n) is 2.92. The van der Waals surface area contributed by atoms with Gasteiger partial charge < -0.3 is 9.73 Å². The Bertz CT molecular complexity index is 564. The summed E-state index contributed by atoms with van der Waals surface area (Å²) in [6.45, 7) is 8.99. The fraction of sp³-hybridized carbons (Fsp3) is 0.571. The van der Waals surface area contributed by atoms with E-state index < -0.39 is 0 Å². The lowest BCUT2D eigenvalue weighted by atomic mass is 10.2. The predicted octanol–water partition coefficient (Wildman–Crippen LogP) is 2.07. The van der Waals surface area contributed by atoms with Crippen LogP contribution in [0.3, 0.4) is 0 Å². The average molecular weight is 275 g/mol. The second-order valence-electron chi connectivity index (χ2n) is 5.20. The molecule has 2 aromatic heterocycles. The number of hydrogen-bond donors (Lipinski definition) is 1. The van der Waals surface area contributed by atoms with Crippen LogP contribution in [0.15, 0.2) is 10.5 Å². The van der Waals surface area contributed by atoms with Crippen LogP contribution in [0.25, 0.3) is 11.5 Å². The van der Waals surface area contributed by atoms with Gasteiger partial charge in [-0.25, -0.2) is 0 Å². The van der Waals surface area contributed by atoms with E-state index >= 15 is 0 Å². The highest BCUT2D eigenvalue weighted by Gasteiger charge is 2.12. The van der Waals surface area contributed by atoms with Gasteiger partial charge in [0.25, 0.3) is 0 Å². The van der Waals surface area contributed by atoms with Crippen molar-refractivity contribution in [2.75, 3.05) is 6.54 Å². The van der Waals surface area contributed by atoms with Crippen LogP contribution in [-0.4, -0.2) is 33.0 Å². The van der Waals surface area contributed by atoms with Gasteiger partial charge in [-0.15, -0.1) is 10.2 Å². The van der Waals surface area contributed by atoms with Crippen LogP contribution in [0.4, 0.5) is 0 Å². The normalized spacial score (nSPS) is 11.2. The first-order chi connectivity index (χ1) is 9.56. The molecule has 0 radical (unpaired) electrons. The lowest BCUT2D eigenvalue weighted by Gasteiger charge is -2.05. The quantitative estimate of drug-likeness (QED) is 0.813. The van der Waals surface area contributed by atoms with E-state index in [0.717, 1.165) is 36.3 Å². The van der Waals surface area contributed by atoms with E-state index in [1.54, 1.807) is 0 Å². The zero-order valence-corrected chi connectivity index (χ0v) is 12.5. The molecule has 6 heteroatoms. The minimum absolute atomic E-state index is 0.502. The number of aromatic nitrogens is 4. The largest absolute Gasteiger partial charge is 0.421 e. The molecule has 0 aliphatic rings. The molecule has 2 aromatic rings. The molecule has 0 aromatic carbocycles. The summed E-state index contributed by atoms with van der Waals surface area (Å²) in [6.07, 6.45) is 1.76. The summed E-state index contributed by atoms with van der Waals surface area (Å²) >= 11 is 0. The number of aryl methyl sites for hydroxylation is 3. The van der Waals surface area contributed by atoms with Gasteiger partial charge in [0.2, 0.25) is 11.8 Å². The van der Waals surface area contributed by atoms with E-state index in [-0.39, 0.29) is 0 Å². The Morgan fingerprint density at radius 2 is 1.95 bits per heavy atom. The molecule has 0 aliphatic heterocycles. The van der Waals surface area contributed by atoms with Crippen molar-refractivity contribution in [3.05, 3.63) is 23.3 Å². The van der Waals surface area contributed by atoms with Crippen LogP contribution in [0.1, 0.15) is 37.5 Å². The molecule has 0 saturated heterocycles. The molecule has 0 saturated carbocycles. The van der Waals surface area contributed by atoms with Crippen molar-refractivity contribution in [2.45, 2.75) is 46.6 Å². The van der Waals surface area contributed by atoms with Crippen molar-refractivity contribution in [2.24, 2.45) is 0 Å². The van der Waals surface area contributed by atoms with E-state index in [2.05, 4.69) is 39.6 Å². The molecule has 0 bridgehead atoms. The molecule has 2 heterocycles. The van der Waals surface area contributed by atoms with Crippen molar-refractivity contribution in [3.63, 3.8) is 0 Å². The first-order valence-electron chi connectivity index (χ1n) is 6.93. The summed E-state index contributed by atoms with van der Waals surface area (Å²) in [5.74, 6) is 1.19. The molecular formula is C14H21N5O. The Hall–Kier alpha value is -1.82. The van der Waals surface area contributed by atoms with Crippen molar-refractivity contribution >= 4 is 0 Å². The molecule has 20 heavy (non-hydrogen) atoms. The number of rotatable bonds is 6. The first kappa shape index (κ1) is 14.6. The molecular weight excluding hydrogens is 254 g/mol. The Kier molecular flexibility index (Phi) is 4.79. The van der Waals surface area contributed by atoms with Crippen molar-refractivity contribution < 1.29 is 4.42 Å². The molecule has 0 aliphatic carbocycles. The van der Waals surface area contributed by atoms with Crippen LogP contribution in [0.2, 0.25) is 0 Å². The molecule has 0 fully saturated rings. The minimum Gasteiger partial charge on any atom is -0.421 e. The Labute approximate surface area is 119 Å². The molecule has 0 spiro atoms. The molecule has 0 amide bonds. The molecule has 0 atom stereocenters. The van der Waals surface area contributed by atoms with Crippen LogP contribution >= 0.6 is 0 Å². The second kappa shape index (κ2) is 6.56. The van der Waals surface area contributed by atoms with Gasteiger partial charge in [-0.05, 0) is 32.9 Å². The highest BCUT2D eigenvalue weighted by atomic mass is 16.4. The van der Waals surface area contributed by atoms with Crippen LogP contribution in [0, 0.1) is 13.8 Å². The number of nitrogens with zero attached hydrogens (tertiary/aromatic N) is 4. The maximum Gasteiger partial charge on any atom is 0.249 e. The van der Waals surface area contributed by atoms with Gasteiger partial charge in [-0.2, -0.15) is 10.2 Å². The average Bonchev–Trinajstić information content (AvgIpc) is 2.86. The van der Waals surface area contributed by atoms with E-state index in [0.29, 0.717) is 17.8 Å². The van der Waals surface area contributed by atoms with Crippen LogP contribution in [-0.2, 0) is 6.42 Å². The molecule has 2 rings (SSSR count). The fourth-order valence-electron chi connectivity index (χ4n) is 1.86. The summed E-state index contributed by atoms with van der Waals surface area (Å²) in [7, 11) is 0. The number of hydrogen-bond acceptors (Lipinski definition) is 6. The van der Waals surface area contributed by atoms with E-state index in [9.17, 15) is 0 Å². The third-order valence-corrected chi connectivity index (χ3v) is 2.92. The summed E-state index contributed by atoms with van der Waals surface area (Å²) in [5.41, 5.74) is 2.50. The van der Waals surface area contributed by atoms with Gasteiger partial charge in [0.15, 0.2) is 0 Å². The first-order valence-corrected chi connectivity index (χ1v) is 6.93. The van der Waals surface area contributed by atoms with E-state index in [1.807, 2.05) is 19.9 Å². The van der Waals surface area contributed by atoms with Crippen molar-refractivity contribution in [3.8, 4) is 11.5 Å². The third kappa shape index (κ3) is 3.84. The zero-order chi connectivity index (χ0) is 14.5. The maximum absolute atomic E-state index is 5.69. The SMILES string of the molecule is Cc1cc(-c2nnc(CCCNC(C)C)o2)c(C)nn1. The predicted molar refractivity (Wildman–Crippen MR) is 76.3 cm³/mol. The lowest BCUT2D eigenvalue weighted by Crippen LogP contribution is -2.23. The van der Waals surface area contributed by atoms with Crippen LogP contribution < -0.4 is 5.32 Å². The van der Waals surface area contributed by atoms with E-state index in [1.165, 1.54) is 0 Å². The molecule has 6 nitrogen and oxygen atoms in total. The Balaban J connectivity index is 2.00. The Morgan fingerprint density at radius 1 is 1.15 bits per heavy atom. The minimum atomic E-state index is 0.502. The highest BCUT2D eigenvalue weighted by Crippen LogP contribution is 2.21. The van der Waals surface area contributed by atoms with Crippen LogP contribution in [0.5, 0.6) is 0 Å². The van der Waals surface area contributed by atoms with Crippen molar-refractivity contribution in [1.82, 2.24) is 25.7 Å². The molecule has 108 valence electrons. The topological polar surface area (TPSA) is 76.7 Å².